The molecule has 0 unspecified atom stereocenters. The number of halogens is 1. The van der Waals surface area contributed by atoms with Gasteiger partial charge in [-0.1, -0.05) is 0 Å². The van der Waals surface area contributed by atoms with E-state index in [-0.39, 0.29) is 5.43 Å². The lowest BCUT2D eigenvalue weighted by Crippen LogP contribution is -2.07. The number of benzene rings is 1. The number of aryl methyl sites for hydroxylation is 1. The van der Waals surface area contributed by atoms with Gasteiger partial charge in [-0.15, -0.1) is 0 Å². The van der Waals surface area contributed by atoms with Crippen molar-refractivity contribution in [2.24, 2.45) is 0 Å². The fraction of sp³-hybridized carbons (Fsp3) is 0.182. The first-order valence-corrected chi connectivity index (χ1v) is 5.37. The summed E-state index contributed by atoms with van der Waals surface area (Å²) in [5.41, 5.74) is 1.43. The highest BCUT2D eigenvalue weighted by Crippen LogP contribution is 2.17. The van der Waals surface area contributed by atoms with E-state index < -0.39 is 0 Å². The first-order valence-electron chi connectivity index (χ1n) is 4.29. The summed E-state index contributed by atoms with van der Waals surface area (Å²) in [7, 11) is 0. The largest absolute Gasteiger partial charge is 0.461 e. The molecule has 0 aliphatic heterocycles. The average Bonchev–Trinajstić information content (AvgIpc) is 2.16. The summed E-state index contributed by atoms with van der Waals surface area (Å²) in [5.74, 6) is 0.698. The van der Waals surface area contributed by atoms with E-state index in [1.54, 1.807) is 6.92 Å². The van der Waals surface area contributed by atoms with Crippen molar-refractivity contribution in [3.63, 3.8) is 0 Å². The maximum absolute atomic E-state index is 11.8. The molecule has 14 heavy (non-hydrogen) atoms. The minimum absolute atomic E-state index is 0.0715. The van der Waals surface area contributed by atoms with Crippen LogP contribution in [0.5, 0.6) is 0 Å². The molecule has 2 rings (SSSR count). The SMILES string of the molecule is Cc1oc2ccc(I)cc2c(=O)c1C. The van der Waals surface area contributed by atoms with Gasteiger partial charge in [-0.05, 0) is 54.6 Å². The summed E-state index contributed by atoms with van der Waals surface area (Å²) >= 11 is 2.18. The Hall–Kier alpha value is -0.840. The van der Waals surface area contributed by atoms with Gasteiger partial charge in [0, 0.05) is 9.13 Å². The van der Waals surface area contributed by atoms with Crippen LogP contribution in [-0.2, 0) is 0 Å². The molecule has 2 aromatic rings. The van der Waals surface area contributed by atoms with Crippen LogP contribution < -0.4 is 5.43 Å². The summed E-state index contributed by atoms with van der Waals surface area (Å²) in [6, 6.07) is 5.62. The van der Waals surface area contributed by atoms with E-state index in [1.165, 1.54) is 0 Å². The Labute approximate surface area is 95.1 Å². The molecule has 0 fully saturated rings. The van der Waals surface area contributed by atoms with Crippen LogP contribution >= 0.6 is 22.6 Å². The fourth-order valence-electron chi connectivity index (χ4n) is 1.37. The molecule has 0 atom stereocenters. The van der Waals surface area contributed by atoms with Crippen LogP contribution in [0.4, 0.5) is 0 Å². The van der Waals surface area contributed by atoms with E-state index in [4.69, 9.17) is 4.42 Å². The normalized spacial score (nSPS) is 10.8. The van der Waals surface area contributed by atoms with Crippen molar-refractivity contribution >= 4 is 33.6 Å². The predicted octanol–water partition coefficient (Wildman–Crippen LogP) is 3.01. The lowest BCUT2D eigenvalue weighted by molar-refractivity contribution is 0.558. The molecule has 0 radical (unpaired) electrons. The zero-order valence-electron chi connectivity index (χ0n) is 7.93. The van der Waals surface area contributed by atoms with Crippen LogP contribution in [0, 0.1) is 17.4 Å². The van der Waals surface area contributed by atoms with Crippen LogP contribution in [0.25, 0.3) is 11.0 Å². The summed E-state index contributed by atoms with van der Waals surface area (Å²) in [6.45, 7) is 3.61. The zero-order valence-corrected chi connectivity index (χ0v) is 10.1. The Balaban J connectivity index is 2.99. The monoisotopic (exact) mass is 300 g/mol. The summed E-state index contributed by atoms with van der Waals surface area (Å²) in [6.07, 6.45) is 0. The van der Waals surface area contributed by atoms with Crippen molar-refractivity contribution in [2.75, 3.05) is 0 Å². The second-order valence-corrected chi connectivity index (χ2v) is 4.50. The van der Waals surface area contributed by atoms with Gasteiger partial charge in [0.2, 0.25) is 0 Å². The molecule has 0 aliphatic carbocycles. The molecule has 3 heteroatoms. The Bertz CT molecular complexity index is 555. The Morgan fingerprint density at radius 2 is 2.00 bits per heavy atom. The molecular formula is C11H9IO2. The van der Waals surface area contributed by atoms with Crippen LogP contribution in [0.3, 0.4) is 0 Å². The first kappa shape index (κ1) is 9.71. The third kappa shape index (κ3) is 1.45. The molecule has 0 saturated carbocycles. The second kappa shape index (κ2) is 3.38. The highest BCUT2D eigenvalue weighted by atomic mass is 127. The molecule has 0 bridgehead atoms. The number of fused-ring (bicyclic) bond motifs is 1. The molecule has 0 aliphatic rings. The summed E-state index contributed by atoms with van der Waals surface area (Å²) in [4.78, 5) is 11.8. The first-order chi connectivity index (χ1) is 6.59. The van der Waals surface area contributed by atoms with Crippen molar-refractivity contribution in [3.8, 4) is 0 Å². The van der Waals surface area contributed by atoms with Gasteiger partial charge in [-0.2, -0.15) is 0 Å². The molecule has 0 saturated heterocycles. The van der Waals surface area contributed by atoms with Crippen LogP contribution in [0.15, 0.2) is 27.4 Å². The molecule has 2 nitrogen and oxygen atoms in total. The Morgan fingerprint density at radius 1 is 1.29 bits per heavy atom. The van der Waals surface area contributed by atoms with Crippen molar-refractivity contribution in [2.45, 2.75) is 13.8 Å². The molecule has 72 valence electrons. The lowest BCUT2D eigenvalue weighted by atomic mass is 10.1. The van der Waals surface area contributed by atoms with E-state index in [2.05, 4.69) is 22.6 Å². The number of rotatable bonds is 0. The molecule has 1 heterocycles. The Morgan fingerprint density at radius 3 is 2.71 bits per heavy atom. The van der Waals surface area contributed by atoms with Crippen molar-refractivity contribution in [1.29, 1.82) is 0 Å². The van der Waals surface area contributed by atoms with Gasteiger partial charge in [-0.3, -0.25) is 4.79 Å². The van der Waals surface area contributed by atoms with E-state index >= 15 is 0 Å². The van der Waals surface area contributed by atoms with E-state index in [0.29, 0.717) is 22.3 Å². The van der Waals surface area contributed by atoms with Crippen molar-refractivity contribution in [3.05, 3.63) is 43.3 Å². The molecule has 1 aromatic heterocycles. The third-order valence-electron chi connectivity index (χ3n) is 2.32. The lowest BCUT2D eigenvalue weighted by Gasteiger charge is -2.02. The van der Waals surface area contributed by atoms with Crippen LogP contribution in [-0.4, -0.2) is 0 Å². The third-order valence-corrected chi connectivity index (χ3v) is 2.99. The van der Waals surface area contributed by atoms with Gasteiger partial charge in [0.25, 0.3) is 0 Å². The van der Waals surface area contributed by atoms with Crippen LogP contribution in [0.2, 0.25) is 0 Å². The standard InChI is InChI=1S/C11H9IO2/c1-6-7(2)14-10-4-3-8(12)5-9(10)11(6)13/h3-5H,1-2H3. The topological polar surface area (TPSA) is 30.2 Å². The van der Waals surface area contributed by atoms with Crippen molar-refractivity contribution < 1.29 is 4.42 Å². The molecular weight excluding hydrogens is 291 g/mol. The highest BCUT2D eigenvalue weighted by Gasteiger charge is 2.07. The van der Waals surface area contributed by atoms with Gasteiger partial charge < -0.3 is 4.42 Å². The van der Waals surface area contributed by atoms with E-state index in [9.17, 15) is 4.79 Å². The maximum atomic E-state index is 11.8. The average molecular weight is 300 g/mol. The quantitative estimate of drug-likeness (QED) is 0.700. The maximum Gasteiger partial charge on any atom is 0.195 e. The highest BCUT2D eigenvalue weighted by molar-refractivity contribution is 14.1. The Kier molecular flexibility index (Phi) is 2.34. The van der Waals surface area contributed by atoms with Gasteiger partial charge in [0.1, 0.15) is 11.3 Å². The minimum Gasteiger partial charge on any atom is -0.461 e. The van der Waals surface area contributed by atoms with Gasteiger partial charge in [0.15, 0.2) is 5.43 Å². The van der Waals surface area contributed by atoms with E-state index in [0.717, 1.165) is 3.57 Å². The minimum atomic E-state index is 0.0715. The van der Waals surface area contributed by atoms with Gasteiger partial charge >= 0.3 is 0 Å². The second-order valence-electron chi connectivity index (χ2n) is 3.25. The zero-order chi connectivity index (χ0) is 10.3. The van der Waals surface area contributed by atoms with Crippen LogP contribution in [0.1, 0.15) is 11.3 Å². The number of hydrogen-bond donors (Lipinski definition) is 0. The molecule has 0 amide bonds. The molecule has 0 N–H and O–H groups in total. The summed E-state index contributed by atoms with van der Waals surface area (Å²) < 4.78 is 6.57. The van der Waals surface area contributed by atoms with Gasteiger partial charge in [-0.25, -0.2) is 0 Å². The fourth-order valence-corrected chi connectivity index (χ4v) is 1.86. The van der Waals surface area contributed by atoms with E-state index in [1.807, 2.05) is 25.1 Å². The number of hydrogen-bond acceptors (Lipinski definition) is 2. The molecule has 0 spiro atoms. The smallest absolute Gasteiger partial charge is 0.195 e. The van der Waals surface area contributed by atoms with Gasteiger partial charge in [0.05, 0.1) is 5.39 Å². The molecule has 1 aromatic carbocycles. The van der Waals surface area contributed by atoms with Crippen molar-refractivity contribution in [1.82, 2.24) is 0 Å². The summed E-state index contributed by atoms with van der Waals surface area (Å²) in [5, 5.41) is 0.667. The predicted molar refractivity (Wildman–Crippen MR) is 64.7 cm³/mol.